The molecule has 1 aromatic heterocycles. The van der Waals surface area contributed by atoms with Crippen molar-refractivity contribution >= 4 is 11.4 Å². The number of nitrogens with one attached hydrogen (secondary N) is 1. The molecule has 1 N–H and O–H groups in total. The summed E-state index contributed by atoms with van der Waals surface area (Å²) in [6.07, 6.45) is 3.84. The zero-order valence-corrected chi connectivity index (χ0v) is 12.8. The van der Waals surface area contributed by atoms with Gasteiger partial charge in [-0.3, -0.25) is 14.8 Å². The third-order valence-corrected chi connectivity index (χ3v) is 3.41. The van der Waals surface area contributed by atoms with Crippen molar-refractivity contribution in [3.8, 4) is 0 Å². The summed E-state index contributed by atoms with van der Waals surface area (Å²) in [4.78, 5) is 10.6. The van der Waals surface area contributed by atoms with E-state index in [4.69, 9.17) is 0 Å². The van der Waals surface area contributed by atoms with Crippen molar-refractivity contribution in [1.29, 1.82) is 0 Å². The Hall–Kier alpha value is -2.37. The molecule has 0 saturated carbocycles. The summed E-state index contributed by atoms with van der Waals surface area (Å²) in [5.74, 6) is 0. The van der Waals surface area contributed by atoms with Gasteiger partial charge in [-0.1, -0.05) is 0 Å². The van der Waals surface area contributed by atoms with Gasteiger partial charge in [0.2, 0.25) is 0 Å². The molecule has 6 nitrogen and oxygen atoms in total. The second-order valence-corrected chi connectivity index (χ2v) is 5.49. The predicted octanol–water partition coefficient (Wildman–Crippen LogP) is 3.60. The fourth-order valence-corrected chi connectivity index (χ4v) is 2.14. The molecule has 2 aromatic rings. The van der Waals surface area contributed by atoms with Gasteiger partial charge in [-0.05, 0) is 39.3 Å². The molecule has 0 aliphatic carbocycles. The van der Waals surface area contributed by atoms with Crippen LogP contribution in [-0.4, -0.2) is 14.7 Å². The van der Waals surface area contributed by atoms with E-state index in [1.54, 1.807) is 13.0 Å². The fraction of sp³-hybridized carbons (Fsp3) is 0.400. The molecule has 0 saturated heterocycles. The Morgan fingerprint density at radius 2 is 2.05 bits per heavy atom. The number of hydrogen-bond donors (Lipinski definition) is 1. The van der Waals surface area contributed by atoms with E-state index < -0.39 is 0 Å². The molecule has 0 fully saturated rings. The van der Waals surface area contributed by atoms with Gasteiger partial charge in [0.15, 0.2) is 0 Å². The number of aromatic nitrogens is 2. The summed E-state index contributed by atoms with van der Waals surface area (Å²) >= 11 is 0. The molecule has 0 atom stereocenters. The topological polar surface area (TPSA) is 73.0 Å². The molecule has 0 bridgehead atoms. The molecular weight excluding hydrogens is 268 g/mol. The van der Waals surface area contributed by atoms with Crippen molar-refractivity contribution in [2.45, 2.75) is 40.3 Å². The van der Waals surface area contributed by atoms with Crippen molar-refractivity contribution in [2.75, 3.05) is 5.32 Å². The Balaban J connectivity index is 2.12. The normalized spacial score (nSPS) is 10.9. The lowest BCUT2D eigenvalue weighted by molar-refractivity contribution is -0.385. The first-order valence-corrected chi connectivity index (χ1v) is 6.91. The maximum Gasteiger partial charge on any atom is 0.272 e. The van der Waals surface area contributed by atoms with Crippen LogP contribution < -0.4 is 5.32 Å². The van der Waals surface area contributed by atoms with E-state index in [2.05, 4.69) is 24.3 Å². The van der Waals surface area contributed by atoms with Crippen molar-refractivity contribution in [3.05, 3.63) is 51.3 Å². The van der Waals surface area contributed by atoms with Crippen LogP contribution in [0.25, 0.3) is 0 Å². The van der Waals surface area contributed by atoms with E-state index in [0.29, 0.717) is 18.2 Å². The van der Waals surface area contributed by atoms with Gasteiger partial charge < -0.3 is 5.32 Å². The number of rotatable bonds is 5. The largest absolute Gasteiger partial charge is 0.381 e. The van der Waals surface area contributed by atoms with Crippen LogP contribution in [0.3, 0.4) is 0 Å². The third-order valence-electron chi connectivity index (χ3n) is 3.41. The van der Waals surface area contributed by atoms with Crippen LogP contribution in [-0.2, 0) is 6.54 Å². The van der Waals surface area contributed by atoms with Crippen molar-refractivity contribution in [3.63, 3.8) is 0 Å². The molecule has 0 aliphatic rings. The van der Waals surface area contributed by atoms with Crippen molar-refractivity contribution in [1.82, 2.24) is 9.78 Å². The molecule has 0 spiro atoms. The number of benzene rings is 1. The highest BCUT2D eigenvalue weighted by molar-refractivity contribution is 5.59. The van der Waals surface area contributed by atoms with E-state index in [1.807, 2.05) is 30.1 Å². The second-order valence-electron chi connectivity index (χ2n) is 5.49. The van der Waals surface area contributed by atoms with Gasteiger partial charge in [-0.25, -0.2) is 0 Å². The Kier molecular flexibility index (Phi) is 4.26. The summed E-state index contributed by atoms with van der Waals surface area (Å²) in [6, 6.07) is 3.76. The number of hydrogen-bond acceptors (Lipinski definition) is 4. The highest BCUT2D eigenvalue weighted by Crippen LogP contribution is 2.26. The average molecular weight is 288 g/mol. The van der Waals surface area contributed by atoms with E-state index in [1.165, 1.54) is 0 Å². The first-order chi connectivity index (χ1) is 9.88. The molecule has 0 unspecified atom stereocenters. The molecule has 0 amide bonds. The molecule has 6 heteroatoms. The van der Waals surface area contributed by atoms with E-state index in [-0.39, 0.29) is 10.6 Å². The Bertz CT molecular complexity index is 662. The van der Waals surface area contributed by atoms with Gasteiger partial charge in [0.25, 0.3) is 5.69 Å². The summed E-state index contributed by atoms with van der Waals surface area (Å²) in [7, 11) is 0. The quantitative estimate of drug-likeness (QED) is 0.674. The Labute approximate surface area is 123 Å². The average Bonchev–Trinajstić information content (AvgIpc) is 2.88. The maximum atomic E-state index is 10.9. The van der Waals surface area contributed by atoms with Gasteiger partial charge in [0, 0.05) is 41.7 Å². The van der Waals surface area contributed by atoms with Crippen LogP contribution in [0, 0.1) is 24.0 Å². The standard InChI is InChI=1S/C15H20N4O2/c1-10(2)18-9-13(8-17-18)7-16-14-5-12(4)15(19(20)21)6-11(14)3/h5-6,8-10,16H,7H2,1-4H3. The highest BCUT2D eigenvalue weighted by atomic mass is 16.6. The van der Waals surface area contributed by atoms with Crippen LogP contribution in [0.5, 0.6) is 0 Å². The first kappa shape index (κ1) is 15.0. The zero-order chi connectivity index (χ0) is 15.6. The molecule has 0 radical (unpaired) electrons. The van der Waals surface area contributed by atoms with E-state index >= 15 is 0 Å². The summed E-state index contributed by atoms with van der Waals surface area (Å²) in [5.41, 5.74) is 3.68. The number of aryl methyl sites for hydroxylation is 2. The van der Waals surface area contributed by atoms with Gasteiger partial charge in [0.05, 0.1) is 11.1 Å². The van der Waals surface area contributed by atoms with Gasteiger partial charge in [-0.2, -0.15) is 5.10 Å². The van der Waals surface area contributed by atoms with Crippen LogP contribution in [0.15, 0.2) is 24.5 Å². The number of nitro benzene ring substituents is 1. The minimum atomic E-state index is -0.348. The molecular formula is C15H20N4O2. The Morgan fingerprint density at radius 1 is 1.33 bits per heavy atom. The van der Waals surface area contributed by atoms with Crippen LogP contribution in [0.2, 0.25) is 0 Å². The Morgan fingerprint density at radius 3 is 2.62 bits per heavy atom. The molecule has 21 heavy (non-hydrogen) atoms. The molecule has 1 heterocycles. The van der Waals surface area contributed by atoms with Crippen LogP contribution >= 0.6 is 0 Å². The second kappa shape index (κ2) is 5.95. The van der Waals surface area contributed by atoms with E-state index in [9.17, 15) is 10.1 Å². The van der Waals surface area contributed by atoms with Crippen molar-refractivity contribution < 1.29 is 4.92 Å². The lowest BCUT2D eigenvalue weighted by Gasteiger charge is -2.10. The smallest absolute Gasteiger partial charge is 0.272 e. The SMILES string of the molecule is Cc1cc([N+](=O)[O-])c(C)cc1NCc1cnn(C(C)C)c1. The van der Waals surface area contributed by atoms with Gasteiger partial charge >= 0.3 is 0 Å². The monoisotopic (exact) mass is 288 g/mol. The minimum Gasteiger partial charge on any atom is -0.381 e. The third kappa shape index (κ3) is 3.39. The van der Waals surface area contributed by atoms with Gasteiger partial charge in [0.1, 0.15) is 0 Å². The lowest BCUT2D eigenvalue weighted by atomic mass is 10.1. The van der Waals surface area contributed by atoms with Gasteiger partial charge in [-0.15, -0.1) is 0 Å². The zero-order valence-electron chi connectivity index (χ0n) is 12.8. The molecule has 0 aliphatic heterocycles. The number of anilines is 1. The lowest BCUT2D eigenvalue weighted by Crippen LogP contribution is -2.03. The number of nitrogens with zero attached hydrogens (tertiary/aromatic N) is 3. The van der Waals surface area contributed by atoms with Crippen molar-refractivity contribution in [2.24, 2.45) is 0 Å². The van der Waals surface area contributed by atoms with Crippen LogP contribution in [0.1, 0.15) is 36.6 Å². The molecule has 112 valence electrons. The van der Waals surface area contributed by atoms with E-state index in [0.717, 1.165) is 16.8 Å². The minimum absolute atomic E-state index is 0.158. The summed E-state index contributed by atoms with van der Waals surface area (Å²) in [5, 5.41) is 18.5. The highest BCUT2D eigenvalue weighted by Gasteiger charge is 2.13. The molecule has 1 aromatic carbocycles. The maximum absolute atomic E-state index is 10.9. The summed E-state index contributed by atoms with van der Waals surface area (Å²) < 4.78 is 1.91. The first-order valence-electron chi connectivity index (χ1n) is 6.91. The molecule has 2 rings (SSSR count). The fourth-order valence-electron chi connectivity index (χ4n) is 2.14. The van der Waals surface area contributed by atoms with Crippen LogP contribution in [0.4, 0.5) is 11.4 Å². The number of nitro groups is 1. The summed E-state index contributed by atoms with van der Waals surface area (Å²) in [6.45, 7) is 8.42. The predicted molar refractivity (Wildman–Crippen MR) is 82.5 cm³/mol.